The average Bonchev–Trinajstić information content (AvgIpc) is 1.19. The minimum Gasteiger partial charge on any atom is 3.00 e. The molecule has 0 fully saturated rings. The van der Waals surface area contributed by atoms with Gasteiger partial charge in [0.05, 0.1) is 0 Å². The first-order chi connectivity index (χ1) is 3.73. The summed E-state index contributed by atoms with van der Waals surface area (Å²) in [6, 6.07) is 0. The van der Waals surface area contributed by atoms with Crippen LogP contribution in [0.2, 0.25) is 0 Å². The number of phosphoric acid groups is 1. The first-order valence-corrected chi connectivity index (χ1v) is 14.6. The Morgan fingerprint density at radius 1 is 1.10 bits per heavy atom. The molecule has 0 bridgehead atoms. The molecule has 0 atom stereocenters. The molecule has 0 saturated heterocycles. The zero-order valence-corrected chi connectivity index (χ0v) is 13.4. The van der Waals surface area contributed by atoms with Crippen LogP contribution in [0.15, 0.2) is 0 Å². The van der Waals surface area contributed by atoms with Crippen LogP contribution < -0.4 is 14.7 Å². The monoisotopic (exact) mass is 429 g/mol. The van der Waals surface area contributed by atoms with Gasteiger partial charge in [-0.15, -0.1) is 0 Å². The third-order valence-electron chi connectivity index (χ3n) is 0. The average molecular weight is 430 g/mol. The van der Waals surface area contributed by atoms with E-state index in [-0.39, 0.29) is 32.7 Å². The van der Waals surface area contributed by atoms with E-state index in [1.54, 1.807) is 0 Å². The van der Waals surface area contributed by atoms with Crippen molar-refractivity contribution in [2.45, 2.75) is 0 Å². The summed E-state index contributed by atoms with van der Waals surface area (Å²) in [6.07, 6.45) is 0. The molecule has 0 spiro atoms. The fourth-order valence-electron chi connectivity index (χ4n) is 0. The molecule has 0 rings (SSSR count). The molecule has 4 nitrogen and oxygen atoms in total. The van der Waals surface area contributed by atoms with Crippen molar-refractivity contribution < 1.29 is 82.6 Å². The van der Waals surface area contributed by atoms with Crippen LogP contribution in [0.3, 0.4) is 0 Å². The van der Waals surface area contributed by atoms with Gasteiger partial charge in [-0.1, -0.05) is 0 Å². The topological polar surface area (TPSA) is 86.2 Å². The molecule has 0 heterocycles. The molecule has 0 N–H and O–H groups in total. The molecule has 0 aromatic carbocycles. The molecule has 0 aromatic heterocycles. The largest absolute Gasteiger partial charge is 3.00 e. The van der Waals surface area contributed by atoms with E-state index in [1.807, 2.05) is 0 Å². The van der Waals surface area contributed by atoms with Crippen molar-refractivity contribution >= 4 is 24.7 Å². The Balaban J connectivity index is -0.0000000910. The minimum atomic E-state index is -5.39. The maximum atomic E-state index is 8.55. The number of halogens is 3. The molecule has 0 saturated carbocycles. The Kier molecular flexibility index (Phi) is 20.1. The summed E-state index contributed by atoms with van der Waals surface area (Å²) in [6.45, 7) is 0. The normalized spacial score (nSPS) is 8.60. The molecule has 10 heteroatoms. The van der Waals surface area contributed by atoms with E-state index >= 15 is 0 Å². The molecular weight excluding hydrogens is 430 g/mol. The van der Waals surface area contributed by atoms with E-state index in [9.17, 15) is 0 Å². The second kappa shape index (κ2) is 10.5. The second-order valence-corrected chi connectivity index (χ2v) is 15.4. The molecule has 0 aliphatic rings. The summed E-state index contributed by atoms with van der Waals surface area (Å²) in [5, 5.41) is 0. The quantitative estimate of drug-likeness (QED) is 0.473. The Morgan fingerprint density at radius 3 is 1.10 bits per heavy atom. The van der Waals surface area contributed by atoms with Crippen LogP contribution in [-0.4, -0.2) is 0 Å². The van der Waals surface area contributed by atoms with Crippen molar-refractivity contribution in [1.82, 2.24) is 0 Å². The van der Waals surface area contributed by atoms with Crippen LogP contribution in [-0.2, 0) is 37.3 Å². The third-order valence-corrected chi connectivity index (χ3v) is 0. The summed E-state index contributed by atoms with van der Waals surface area (Å²) in [7, 11) is -5.39. The second-order valence-electron chi connectivity index (χ2n) is 0.661. The predicted molar refractivity (Wildman–Crippen MR) is 25.2 cm³/mol. The van der Waals surface area contributed by atoms with Crippen LogP contribution in [0.5, 0.6) is 0 Å². The van der Waals surface area contributed by atoms with E-state index in [4.69, 9.17) is 36.1 Å². The van der Waals surface area contributed by atoms with Gasteiger partial charge in [0.2, 0.25) is 0 Å². The Hall–Kier alpha value is 3.46. The summed E-state index contributed by atoms with van der Waals surface area (Å²) >= 11 is -2.24. The molecule has 10 heavy (non-hydrogen) atoms. The first-order valence-electron chi connectivity index (χ1n) is 1.30. The van der Waals surface area contributed by atoms with E-state index in [0.29, 0.717) is 0 Å². The van der Waals surface area contributed by atoms with Crippen LogP contribution in [0.4, 0.5) is 0 Å². The fourth-order valence-corrected chi connectivity index (χ4v) is 0. The Bertz CT molecular complexity index is 91.7. The fraction of sp³-hybridized carbons (Fsp3) is 0. The van der Waals surface area contributed by atoms with Gasteiger partial charge in [0, 0.05) is 0 Å². The van der Waals surface area contributed by atoms with Crippen LogP contribution >= 0.6 is 24.7 Å². The van der Waals surface area contributed by atoms with Crippen molar-refractivity contribution in [2.75, 3.05) is 0 Å². The van der Waals surface area contributed by atoms with Gasteiger partial charge in [-0.2, -0.15) is 7.82 Å². The summed E-state index contributed by atoms with van der Waals surface area (Å²) in [4.78, 5) is 25.6. The van der Waals surface area contributed by atoms with Gasteiger partial charge in [0.25, 0.3) is 0 Å². The van der Waals surface area contributed by atoms with Gasteiger partial charge in [0.15, 0.2) is 0 Å². The van der Waals surface area contributed by atoms with E-state index < -0.39 is 38.5 Å². The van der Waals surface area contributed by atoms with Gasteiger partial charge >= 0.3 is 80.3 Å². The number of rotatable bonds is 0. The molecule has 0 aliphatic heterocycles. The van der Waals surface area contributed by atoms with Gasteiger partial charge in [-0.25, -0.2) is 0 Å². The summed E-state index contributed by atoms with van der Waals surface area (Å²) < 4.78 is 8.55. The molecule has 57 valence electrons. The standard InChI is InChI=1S/Ce.3ClH.H3O4P.Y/c;;;;1-5(2,3)4;/h;3*1H;(H3,1,2,3,4);/q+3;;;;;+3/p-6. The summed E-state index contributed by atoms with van der Waals surface area (Å²) in [5.74, 6) is 0. The Morgan fingerprint density at radius 2 is 1.10 bits per heavy atom. The van der Waals surface area contributed by atoms with Gasteiger partial charge in [0.1, 0.15) is 0 Å². The number of hydrogen-bond donors (Lipinski definition) is 0. The minimum absolute atomic E-state index is 0. The zero-order chi connectivity index (χ0) is 8.08. The SMILES string of the molecule is O=P([O-])([O-])[O-].[Cl][Ce]([Cl])[Cl].[Y+3]. The van der Waals surface area contributed by atoms with Crippen LogP contribution in [0.1, 0.15) is 0 Å². The third kappa shape index (κ3) is 105. The van der Waals surface area contributed by atoms with Crippen molar-refractivity contribution in [2.24, 2.45) is 0 Å². The van der Waals surface area contributed by atoms with Crippen LogP contribution in [0, 0.1) is 30.7 Å². The van der Waals surface area contributed by atoms with Gasteiger partial charge in [-0.3, -0.25) is 0 Å². The van der Waals surface area contributed by atoms with Crippen molar-refractivity contribution in [3.8, 4) is 0 Å². The van der Waals surface area contributed by atoms with Crippen LogP contribution in [0.25, 0.3) is 0 Å². The number of hydrogen-bond acceptors (Lipinski definition) is 4. The van der Waals surface area contributed by atoms with Crippen molar-refractivity contribution in [3.05, 3.63) is 0 Å². The van der Waals surface area contributed by atoms with E-state index in [2.05, 4.69) is 0 Å². The van der Waals surface area contributed by atoms with Crippen molar-refractivity contribution in [1.29, 1.82) is 0 Å². The molecule has 0 aromatic rings. The summed E-state index contributed by atoms with van der Waals surface area (Å²) in [5.41, 5.74) is 15.1. The first kappa shape index (κ1) is 19.1. The van der Waals surface area contributed by atoms with E-state index in [0.717, 1.165) is 0 Å². The van der Waals surface area contributed by atoms with E-state index in [1.165, 1.54) is 0 Å². The molecule has 0 radical (unpaired) electrons. The molecule has 0 unspecified atom stereocenters. The van der Waals surface area contributed by atoms with Gasteiger partial charge in [-0.05, 0) is 0 Å². The molecule has 0 amide bonds. The predicted octanol–water partition coefficient (Wildman–Crippen LogP) is -0.759. The maximum Gasteiger partial charge on any atom is 3.00 e. The van der Waals surface area contributed by atoms with Crippen molar-refractivity contribution in [3.63, 3.8) is 0 Å². The smallest absolute Gasteiger partial charge is 3.00 e. The molecular formula is CeCl3O4PY. The molecule has 0 aliphatic carbocycles. The maximum absolute atomic E-state index is 8.55. The van der Waals surface area contributed by atoms with Gasteiger partial charge < -0.3 is 19.2 Å². The Labute approximate surface area is 105 Å². The zero-order valence-electron chi connectivity index (χ0n) is 4.29.